The van der Waals surface area contributed by atoms with Gasteiger partial charge in [-0.25, -0.2) is 8.42 Å². The quantitative estimate of drug-likeness (QED) is 0.521. The average molecular weight is 213 g/mol. The molecule has 5 heteroatoms. The van der Waals surface area contributed by atoms with E-state index in [0.717, 1.165) is 0 Å². The van der Waals surface area contributed by atoms with Gasteiger partial charge in [0, 0.05) is 0 Å². The van der Waals surface area contributed by atoms with E-state index in [0.29, 0.717) is 0 Å². The molecule has 0 aromatic rings. The van der Waals surface area contributed by atoms with E-state index in [-0.39, 0.29) is 17.3 Å². The lowest BCUT2D eigenvalue weighted by atomic mass is 10.4. The maximum absolute atomic E-state index is 10.6. The maximum atomic E-state index is 10.6. The van der Waals surface area contributed by atoms with Crippen LogP contribution in [0.3, 0.4) is 0 Å². The summed E-state index contributed by atoms with van der Waals surface area (Å²) < 4.78 is 21.2. The lowest BCUT2D eigenvalue weighted by Gasteiger charge is -1.87. The predicted molar refractivity (Wildman–Crippen MR) is 36.4 cm³/mol. The van der Waals surface area contributed by atoms with Gasteiger partial charge in [0.25, 0.3) is 0 Å². The Morgan fingerprint density at radius 3 is 2.22 bits per heavy atom. The van der Waals surface area contributed by atoms with E-state index in [1.165, 1.54) is 0 Å². The summed E-state index contributed by atoms with van der Waals surface area (Å²) in [5.74, 6) is -0.552. The zero-order valence-electron chi connectivity index (χ0n) is 4.50. The van der Waals surface area contributed by atoms with E-state index in [4.69, 9.17) is 0 Å². The summed E-state index contributed by atoms with van der Waals surface area (Å²) in [5, 5.41) is 0. The minimum atomic E-state index is -3.04. The minimum absolute atomic E-state index is 0.0359. The van der Waals surface area contributed by atoms with Gasteiger partial charge in [-0.2, -0.15) is 0 Å². The Kier molecular flexibility index (Phi) is 1.65. The molecule has 0 bridgehead atoms. The van der Waals surface area contributed by atoms with Crippen molar-refractivity contribution < 1.29 is 13.2 Å². The van der Waals surface area contributed by atoms with Crippen LogP contribution in [-0.4, -0.2) is 30.5 Å². The van der Waals surface area contributed by atoms with Crippen LogP contribution < -0.4 is 0 Å². The fourth-order valence-corrected chi connectivity index (χ4v) is 3.65. The Bertz CT molecular complexity index is 230. The Hall–Kier alpha value is 0.1000. The molecule has 0 aromatic heterocycles. The molecule has 0 amide bonds. The fourth-order valence-electron chi connectivity index (χ4n) is 0.682. The SMILES string of the molecule is O=C1CS(=O)(=O)C[C@H]1Br. The van der Waals surface area contributed by atoms with Gasteiger partial charge < -0.3 is 0 Å². The zero-order chi connectivity index (χ0) is 7.07. The number of rotatable bonds is 0. The number of ketones is 1. The van der Waals surface area contributed by atoms with Crippen LogP contribution in [0, 0.1) is 0 Å². The van der Waals surface area contributed by atoms with Crippen molar-refractivity contribution in [3.8, 4) is 0 Å². The van der Waals surface area contributed by atoms with Crippen molar-refractivity contribution in [2.24, 2.45) is 0 Å². The lowest BCUT2D eigenvalue weighted by Crippen LogP contribution is -2.08. The van der Waals surface area contributed by atoms with Crippen LogP contribution in [-0.2, 0) is 14.6 Å². The number of carbonyl (C=O) groups excluding carboxylic acids is 1. The van der Waals surface area contributed by atoms with E-state index in [2.05, 4.69) is 15.9 Å². The van der Waals surface area contributed by atoms with E-state index < -0.39 is 14.7 Å². The van der Waals surface area contributed by atoms with Crippen LogP contribution in [0.4, 0.5) is 0 Å². The molecule has 1 aliphatic heterocycles. The Labute approximate surface area is 61.5 Å². The second-order valence-corrected chi connectivity index (χ2v) is 5.20. The number of hydrogen-bond donors (Lipinski definition) is 0. The molecule has 1 aliphatic rings. The topological polar surface area (TPSA) is 51.2 Å². The van der Waals surface area contributed by atoms with Crippen molar-refractivity contribution in [1.29, 1.82) is 0 Å². The normalized spacial score (nSPS) is 33.0. The molecule has 1 atom stereocenters. The van der Waals surface area contributed by atoms with Gasteiger partial charge >= 0.3 is 0 Å². The Morgan fingerprint density at radius 2 is 2.11 bits per heavy atom. The van der Waals surface area contributed by atoms with Gasteiger partial charge in [-0.05, 0) is 0 Å². The molecule has 1 heterocycles. The molecule has 0 unspecified atom stereocenters. The summed E-state index contributed by atoms with van der Waals surface area (Å²) in [6, 6.07) is 0. The summed E-state index contributed by atoms with van der Waals surface area (Å²) >= 11 is 2.95. The van der Waals surface area contributed by atoms with Gasteiger partial charge in [-0.3, -0.25) is 4.79 Å². The Morgan fingerprint density at radius 1 is 1.56 bits per heavy atom. The van der Waals surface area contributed by atoms with Gasteiger partial charge in [-0.15, -0.1) is 0 Å². The first kappa shape index (κ1) is 7.21. The van der Waals surface area contributed by atoms with Crippen molar-refractivity contribution in [1.82, 2.24) is 0 Å². The van der Waals surface area contributed by atoms with Gasteiger partial charge in [0.15, 0.2) is 15.6 Å². The highest BCUT2D eigenvalue weighted by Gasteiger charge is 2.33. The number of Topliss-reactive ketones (excluding diaryl/α,β-unsaturated/α-hetero) is 1. The van der Waals surface area contributed by atoms with Gasteiger partial charge in [0.05, 0.1) is 10.6 Å². The summed E-state index contributed by atoms with van der Waals surface area (Å²) in [5.41, 5.74) is 0. The fraction of sp³-hybridized carbons (Fsp3) is 0.750. The number of carbonyl (C=O) groups is 1. The van der Waals surface area contributed by atoms with Crippen LogP contribution in [0.2, 0.25) is 0 Å². The number of halogens is 1. The molecular formula is C4H5BrO3S. The third kappa shape index (κ3) is 1.52. The summed E-state index contributed by atoms with van der Waals surface area (Å²) in [6.45, 7) is 0. The average Bonchev–Trinajstić information content (AvgIpc) is 1.79. The van der Waals surface area contributed by atoms with Crippen molar-refractivity contribution in [3.05, 3.63) is 0 Å². The first-order valence-electron chi connectivity index (χ1n) is 2.38. The molecule has 0 saturated carbocycles. The molecule has 1 fully saturated rings. The van der Waals surface area contributed by atoms with Crippen LogP contribution in [0.5, 0.6) is 0 Å². The summed E-state index contributed by atoms with van der Waals surface area (Å²) in [6.07, 6.45) is 0. The maximum Gasteiger partial charge on any atom is 0.162 e. The molecule has 3 nitrogen and oxygen atoms in total. The van der Waals surface area contributed by atoms with Gasteiger partial charge in [0.2, 0.25) is 0 Å². The van der Waals surface area contributed by atoms with Gasteiger partial charge in [-0.1, -0.05) is 15.9 Å². The number of alkyl halides is 1. The predicted octanol–water partition coefficient (Wildman–Crippen LogP) is -0.253. The molecular weight excluding hydrogens is 208 g/mol. The second-order valence-electron chi connectivity index (χ2n) is 1.99. The second kappa shape index (κ2) is 2.05. The highest BCUT2D eigenvalue weighted by molar-refractivity contribution is 9.10. The first-order chi connectivity index (χ1) is 4.01. The molecule has 1 saturated heterocycles. The van der Waals surface area contributed by atoms with Crippen molar-refractivity contribution in [2.45, 2.75) is 4.83 Å². The van der Waals surface area contributed by atoms with Crippen molar-refractivity contribution in [2.75, 3.05) is 11.5 Å². The van der Waals surface area contributed by atoms with Crippen molar-refractivity contribution in [3.63, 3.8) is 0 Å². The molecule has 0 spiro atoms. The van der Waals surface area contributed by atoms with Crippen LogP contribution in [0.25, 0.3) is 0 Å². The third-order valence-electron chi connectivity index (χ3n) is 1.11. The molecule has 52 valence electrons. The number of hydrogen-bond acceptors (Lipinski definition) is 3. The third-order valence-corrected chi connectivity index (χ3v) is 3.94. The van der Waals surface area contributed by atoms with E-state index in [9.17, 15) is 13.2 Å². The molecule has 1 rings (SSSR count). The zero-order valence-corrected chi connectivity index (χ0v) is 6.91. The van der Waals surface area contributed by atoms with Gasteiger partial charge in [0.1, 0.15) is 5.75 Å². The van der Waals surface area contributed by atoms with E-state index in [1.54, 1.807) is 0 Å². The monoisotopic (exact) mass is 212 g/mol. The van der Waals surface area contributed by atoms with Crippen LogP contribution in [0.15, 0.2) is 0 Å². The van der Waals surface area contributed by atoms with E-state index >= 15 is 0 Å². The largest absolute Gasteiger partial charge is 0.297 e. The number of sulfone groups is 1. The lowest BCUT2D eigenvalue weighted by molar-refractivity contribution is -0.115. The first-order valence-corrected chi connectivity index (χ1v) is 5.12. The van der Waals surface area contributed by atoms with Crippen molar-refractivity contribution >= 4 is 31.6 Å². The van der Waals surface area contributed by atoms with Crippen LogP contribution >= 0.6 is 15.9 Å². The molecule has 0 aliphatic carbocycles. The molecule has 9 heavy (non-hydrogen) atoms. The summed E-state index contributed by atoms with van der Waals surface area (Å²) in [4.78, 5) is 10.1. The molecule has 0 N–H and O–H groups in total. The highest BCUT2D eigenvalue weighted by Crippen LogP contribution is 2.14. The van der Waals surface area contributed by atoms with Crippen LogP contribution in [0.1, 0.15) is 0 Å². The standard InChI is InChI=1S/C4H5BrO3S/c5-3-1-9(7,8)2-4(3)6/h3H,1-2H2/t3-/m1/s1. The smallest absolute Gasteiger partial charge is 0.162 e. The highest BCUT2D eigenvalue weighted by atomic mass is 79.9. The molecule has 0 radical (unpaired) electrons. The van der Waals surface area contributed by atoms with E-state index in [1.807, 2.05) is 0 Å². The minimum Gasteiger partial charge on any atom is -0.297 e. The Balaban J connectivity index is 2.90. The summed E-state index contributed by atoms with van der Waals surface area (Å²) in [7, 11) is -3.04. The molecule has 0 aromatic carbocycles.